The largest absolute Gasteiger partial charge is 0.495 e. The van der Waals surface area contributed by atoms with Crippen LogP contribution < -0.4 is 0 Å². The van der Waals surface area contributed by atoms with E-state index in [1.165, 1.54) is 6.92 Å². The average Bonchev–Trinajstić information content (AvgIpc) is 2.48. The summed E-state index contributed by atoms with van der Waals surface area (Å²) in [5.74, 6) is -0.816. The molecule has 0 amide bonds. The van der Waals surface area contributed by atoms with Crippen molar-refractivity contribution in [1.29, 1.82) is 0 Å². The van der Waals surface area contributed by atoms with Crippen LogP contribution in [0.5, 0.6) is 0 Å². The third-order valence-corrected chi connectivity index (χ3v) is 3.04. The van der Waals surface area contributed by atoms with Crippen molar-refractivity contribution < 1.29 is 23.7 Å². The number of hydrogen-bond donors (Lipinski definition) is 0. The van der Waals surface area contributed by atoms with Crippen molar-refractivity contribution in [3.05, 3.63) is 12.3 Å². The summed E-state index contributed by atoms with van der Waals surface area (Å²) in [5, 5.41) is 0. The minimum absolute atomic E-state index is 0.0522. The smallest absolute Gasteiger partial charge is 0.303 e. The number of esters is 1. The Balaban J connectivity index is 1.87. The molecule has 0 N–H and O–H groups in total. The molecule has 0 radical (unpaired) electrons. The molecule has 1 saturated heterocycles. The summed E-state index contributed by atoms with van der Waals surface area (Å²) >= 11 is 0. The summed E-state index contributed by atoms with van der Waals surface area (Å²) < 4.78 is 22.1. The highest BCUT2D eigenvalue weighted by atomic mass is 16.7. The van der Waals surface area contributed by atoms with Gasteiger partial charge in [-0.15, -0.1) is 0 Å². The molecule has 2 rings (SSSR count). The molecule has 0 aromatic heterocycles. The van der Waals surface area contributed by atoms with Crippen LogP contribution in [0.4, 0.5) is 0 Å². The fourth-order valence-corrected chi connectivity index (χ4v) is 2.21. The SMILES string of the molecule is CC(=O)O[C@H]1C=CO[C@H]([C@@H]2COC(C)(C)O2)CC1. The average molecular weight is 256 g/mol. The molecule has 0 bridgehead atoms. The predicted octanol–water partition coefficient (Wildman–Crippen LogP) is 1.76. The minimum Gasteiger partial charge on any atom is -0.495 e. The summed E-state index contributed by atoms with van der Waals surface area (Å²) in [7, 11) is 0. The van der Waals surface area contributed by atoms with E-state index in [0.29, 0.717) is 6.61 Å². The zero-order chi connectivity index (χ0) is 13.2. The minimum atomic E-state index is -0.542. The fraction of sp³-hybridized carbons (Fsp3) is 0.769. The van der Waals surface area contributed by atoms with Gasteiger partial charge in [-0.05, 0) is 32.8 Å². The van der Waals surface area contributed by atoms with Gasteiger partial charge in [0, 0.05) is 6.92 Å². The maximum atomic E-state index is 10.9. The summed E-state index contributed by atoms with van der Waals surface area (Å²) in [6, 6.07) is 0. The van der Waals surface area contributed by atoms with Gasteiger partial charge in [-0.1, -0.05) is 0 Å². The van der Waals surface area contributed by atoms with Crippen molar-refractivity contribution in [1.82, 2.24) is 0 Å². The van der Waals surface area contributed by atoms with E-state index in [0.717, 1.165) is 12.8 Å². The molecule has 0 aromatic carbocycles. The van der Waals surface area contributed by atoms with Crippen LogP contribution in [0.2, 0.25) is 0 Å². The maximum absolute atomic E-state index is 10.9. The Morgan fingerprint density at radius 3 is 2.72 bits per heavy atom. The van der Waals surface area contributed by atoms with E-state index in [1.807, 2.05) is 13.8 Å². The Bertz CT molecular complexity index is 336. The van der Waals surface area contributed by atoms with Gasteiger partial charge in [0.1, 0.15) is 18.3 Å². The van der Waals surface area contributed by atoms with Gasteiger partial charge in [-0.3, -0.25) is 4.79 Å². The Kier molecular flexibility index (Phi) is 3.92. The standard InChI is InChI=1S/C13H20O5/c1-9(14)17-10-4-5-11(15-7-6-10)12-8-16-13(2,3)18-12/h6-7,10-12H,4-5,8H2,1-3H3/t10-,11+,12+/m1/s1. The van der Waals surface area contributed by atoms with Crippen LogP contribution in [-0.2, 0) is 23.7 Å². The Labute approximate surface area is 107 Å². The maximum Gasteiger partial charge on any atom is 0.303 e. The van der Waals surface area contributed by atoms with E-state index in [2.05, 4.69) is 0 Å². The molecule has 3 atom stereocenters. The van der Waals surface area contributed by atoms with E-state index < -0.39 is 5.79 Å². The van der Waals surface area contributed by atoms with Crippen molar-refractivity contribution in [2.75, 3.05) is 6.61 Å². The molecule has 2 aliphatic rings. The first-order valence-electron chi connectivity index (χ1n) is 6.27. The van der Waals surface area contributed by atoms with Crippen molar-refractivity contribution in [3.8, 4) is 0 Å². The highest BCUT2D eigenvalue weighted by molar-refractivity contribution is 5.66. The van der Waals surface area contributed by atoms with Crippen LogP contribution in [0, 0.1) is 0 Å². The summed E-state index contributed by atoms with van der Waals surface area (Å²) in [6.07, 6.45) is 4.55. The van der Waals surface area contributed by atoms with Crippen LogP contribution in [0.15, 0.2) is 12.3 Å². The molecule has 0 aliphatic carbocycles. The molecule has 5 nitrogen and oxygen atoms in total. The van der Waals surface area contributed by atoms with Crippen LogP contribution in [0.1, 0.15) is 33.6 Å². The van der Waals surface area contributed by atoms with E-state index in [-0.39, 0.29) is 24.3 Å². The molecule has 0 saturated carbocycles. The molecule has 2 heterocycles. The van der Waals surface area contributed by atoms with Gasteiger partial charge in [0.15, 0.2) is 5.79 Å². The van der Waals surface area contributed by atoms with Gasteiger partial charge in [-0.2, -0.15) is 0 Å². The van der Waals surface area contributed by atoms with Crippen molar-refractivity contribution >= 4 is 5.97 Å². The zero-order valence-corrected chi connectivity index (χ0v) is 11.0. The lowest BCUT2D eigenvalue weighted by molar-refractivity contribution is -0.152. The van der Waals surface area contributed by atoms with Crippen molar-refractivity contribution in [2.45, 2.75) is 57.7 Å². The summed E-state index contributed by atoms with van der Waals surface area (Å²) in [5.41, 5.74) is 0. The van der Waals surface area contributed by atoms with E-state index in [9.17, 15) is 4.79 Å². The van der Waals surface area contributed by atoms with Gasteiger partial charge in [0.25, 0.3) is 0 Å². The molecule has 0 aromatic rings. The molecule has 102 valence electrons. The van der Waals surface area contributed by atoms with Crippen LogP contribution >= 0.6 is 0 Å². The number of rotatable bonds is 2. The lowest BCUT2D eigenvalue weighted by Crippen LogP contribution is -2.32. The van der Waals surface area contributed by atoms with E-state index in [1.54, 1.807) is 12.3 Å². The molecular formula is C13H20O5. The molecule has 0 unspecified atom stereocenters. The molecule has 1 fully saturated rings. The second-order valence-corrected chi connectivity index (χ2v) is 5.10. The van der Waals surface area contributed by atoms with Crippen LogP contribution in [0.3, 0.4) is 0 Å². The quantitative estimate of drug-likeness (QED) is 0.705. The first-order chi connectivity index (χ1) is 8.46. The molecule has 18 heavy (non-hydrogen) atoms. The topological polar surface area (TPSA) is 54.0 Å². The van der Waals surface area contributed by atoms with Gasteiger partial charge in [0.2, 0.25) is 0 Å². The molecular weight excluding hydrogens is 236 g/mol. The van der Waals surface area contributed by atoms with Crippen LogP contribution in [-0.4, -0.2) is 36.7 Å². The van der Waals surface area contributed by atoms with E-state index in [4.69, 9.17) is 18.9 Å². The first-order valence-corrected chi connectivity index (χ1v) is 6.27. The van der Waals surface area contributed by atoms with Gasteiger partial charge >= 0.3 is 5.97 Å². The summed E-state index contributed by atoms with van der Waals surface area (Å²) in [6.45, 7) is 5.72. The first kappa shape index (κ1) is 13.4. The predicted molar refractivity (Wildman–Crippen MR) is 63.7 cm³/mol. The Hall–Kier alpha value is -1.07. The van der Waals surface area contributed by atoms with Crippen molar-refractivity contribution in [2.24, 2.45) is 0 Å². The number of carbonyl (C=O) groups excluding carboxylic acids is 1. The van der Waals surface area contributed by atoms with E-state index >= 15 is 0 Å². The Morgan fingerprint density at radius 1 is 1.33 bits per heavy atom. The molecule has 2 aliphatic heterocycles. The highest BCUT2D eigenvalue weighted by Gasteiger charge is 2.38. The monoisotopic (exact) mass is 256 g/mol. The van der Waals surface area contributed by atoms with Gasteiger partial charge < -0.3 is 18.9 Å². The zero-order valence-electron chi connectivity index (χ0n) is 11.0. The number of ether oxygens (including phenoxy) is 4. The second-order valence-electron chi connectivity index (χ2n) is 5.10. The van der Waals surface area contributed by atoms with Gasteiger partial charge in [-0.25, -0.2) is 0 Å². The van der Waals surface area contributed by atoms with Crippen LogP contribution in [0.25, 0.3) is 0 Å². The Morgan fingerprint density at radius 2 is 2.11 bits per heavy atom. The lowest BCUT2D eigenvalue weighted by Gasteiger charge is -2.23. The third kappa shape index (κ3) is 3.46. The second kappa shape index (κ2) is 5.28. The van der Waals surface area contributed by atoms with Crippen molar-refractivity contribution in [3.63, 3.8) is 0 Å². The number of hydrogen-bond acceptors (Lipinski definition) is 5. The number of carbonyl (C=O) groups is 1. The normalized spacial score (nSPS) is 34.7. The lowest BCUT2D eigenvalue weighted by atomic mass is 10.1. The molecule has 5 heteroatoms. The third-order valence-electron chi connectivity index (χ3n) is 3.04. The summed E-state index contributed by atoms with van der Waals surface area (Å²) in [4.78, 5) is 10.9. The highest BCUT2D eigenvalue weighted by Crippen LogP contribution is 2.28. The fourth-order valence-electron chi connectivity index (χ4n) is 2.21. The van der Waals surface area contributed by atoms with Gasteiger partial charge in [0.05, 0.1) is 12.9 Å². The molecule has 0 spiro atoms.